The van der Waals surface area contributed by atoms with Crippen molar-refractivity contribution in [1.29, 1.82) is 0 Å². The van der Waals surface area contributed by atoms with Crippen molar-refractivity contribution in [3.63, 3.8) is 0 Å². The molecule has 2 N–H and O–H groups in total. The van der Waals surface area contributed by atoms with Gasteiger partial charge in [-0.25, -0.2) is 9.37 Å². The zero-order valence-corrected chi connectivity index (χ0v) is 12.1. The van der Waals surface area contributed by atoms with Gasteiger partial charge in [-0.3, -0.25) is 4.90 Å². The second-order valence-corrected chi connectivity index (χ2v) is 5.49. The third-order valence-electron chi connectivity index (χ3n) is 2.66. The Labute approximate surface area is 120 Å². The molecule has 0 radical (unpaired) electrons. The van der Waals surface area contributed by atoms with E-state index in [1.807, 2.05) is 17.9 Å². The Morgan fingerprint density at radius 2 is 2.26 bits per heavy atom. The molecule has 0 amide bonds. The maximum Gasteiger partial charge on any atom is 0.133 e. The summed E-state index contributed by atoms with van der Waals surface area (Å²) in [7, 11) is 1.99. The molecular formula is C13H14FN3S2. The van der Waals surface area contributed by atoms with Gasteiger partial charge in [-0.15, -0.1) is 11.3 Å². The van der Waals surface area contributed by atoms with E-state index >= 15 is 0 Å². The lowest BCUT2D eigenvalue weighted by Gasteiger charge is -2.16. The van der Waals surface area contributed by atoms with E-state index in [2.05, 4.69) is 9.88 Å². The van der Waals surface area contributed by atoms with Crippen molar-refractivity contribution in [3.05, 3.63) is 51.7 Å². The van der Waals surface area contributed by atoms with E-state index in [1.54, 1.807) is 23.5 Å². The number of hydrogen-bond donors (Lipinski definition) is 1. The van der Waals surface area contributed by atoms with E-state index in [1.165, 1.54) is 6.07 Å². The zero-order chi connectivity index (χ0) is 13.8. The maximum absolute atomic E-state index is 13.5. The monoisotopic (exact) mass is 295 g/mol. The largest absolute Gasteiger partial charge is 0.389 e. The number of benzene rings is 1. The topological polar surface area (TPSA) is 42.1 Å². The molecule has 0 atom stereocenters. The summed E-state index contributed by atoms with van der Waals surface area (Å²) in [6.45, 7) is 1.44. The number of rotatable bonds is 5. The lowest BCUT2D eigenvalue weighted by atomic mass is 10.1. The molecule has 3 nitrogen and oxygen atoms in total. The first-order valence-electron chi connectivity index (χ1n) is 5.70. The summed E-state index contributed by atoms with van der Waals surface area (Å²) in [5.41, 5.74) is 9.61. The van der Waals surface area contributed by atoms with Gasteiger partial charge in [-0.1, -0.05) is 18.3 Å². The molecule has 0 saturated heterocycles. The summed E-state index contributed by atoms with van der Waals surface area (Å²) in [6, 6.07) is 4.85. The molecule has 0 fully saturated rings. The van der Waals surface area contributed by atoms with Crippen molar-refractivity contribution in [2.75, 3.05) is 7.05 Å². The van der Waals surface area contributed by atoms with Crippen LogP contribution in [0.5, 0.6) is 0 Å². The second-order valence-electron chi connectivity index (χ2n) is 4.33. The summed E-state index contributed by atoms with van der Waals surface area (Å²) < 4.78 is 13.5. The van der Waals surface area contributed by atoms with Crippen LogP contribution in [0.2, 0.25) is 0 Å². The van der Waals surface area contributed by atoms with E-state index in [-0.39, 0.29) is 10.8 Å². The minimum Gasteiger partial charge on any atom is -0.389 e. The van der Waals surface area contributed by atoms with Crippen LogP contribution in [0.25, 0.3) is 0 Å². The second kappa shape index (κ2) is 6.18. The van der Waals surface area contributed by atoms with E-state index in [4.69, 9.17) is 18.0 Å². The lowest BCUT2D eigenvalue weighted by Crippen LogP contribution is -2.18. The predicted octanol–water partition coefficient (Wildman–Crippen LogP) is 2.55. The fourth-order valence-electron chi connectivity index (χ4n) is 1.82. The highest BCUT2D eigenvalue weighted by Gasteiger charge is 2.08. The zero-order valence-electron chi connectivity index (χ0n) is 10.5. The van der Waals surface area contributed by atoms with Gasteiger partial charge in [0.2, 0.25) is 0 Å². The number of thiocarbonyl (C=S) groups is 1. The fourth-order valence-corrected chi connectivity index (χ4v) is 2.53. The molecule has 1 heterocycles. The van der Waals surface area contributed by atoms with Crippen molar-refractivity contribution in [1.82, 2.24) is 9.88 Å². The van der Waals surface area contributed by atoms with Gasteiger partial charge >= 0.3 is 0 Å². The first-order chi connectivity index (χ1) is 9.06. The lowest BCUT2D eigenvalue weighted by molar-refractivity contribution is 0.315. The molecule has 0 aliphatic carbocycles. The molecule has 0 aliphatic heterocycles. The first kappa shape index (κ1) is 14.0. The van der Waals surface area contributed by atoms with Crippen molar-refractivity contribution >= 4 is 28.5 Å². The highest BCUT2D eigenvalue weighted by atomic mass is 32.1. The summed E-state index contributed by atoms with van der Waals surface area (Å²) in [5, 5.41) is 2.02. The van der Waals surface area contributed by atoms with Gasteiger partial charge in [-0.05, 0) is 24.7 Å². The third kappa shape index (κ3) is 3.79. The smallest absolute Gasteiger partial charge is 0.133 e. The molecule has 100 valence electrons. The Bertz CT molecular complexity index is 569. The Balaban J connectivity index is 2.06. The van der Waals surface area contributed by atoms with E-state index in [0.717, 1.165) is 17.8 Å². The van der Waals surface area contributed by atoms with Gasteiger partial charge in [0.25, 0.3) is 0 Å². The molecule has 2 aromatic rings. The number of nitrogens with zero attached hydrogens (tertiary/aromatic N) is 2. The van der Waals surface area contributed by atoms with Crippen molar-refractivity contribution < 1.29 is 4.39 Å². The number of hydrogen-bond acceptors (Lipinski definition) is 4. The average molecular weight is 295 g/mol. The van der Waals surface area contributed by atoms with Gasteiger partial charge in [-0.2, -0.15) is 0 Å². The van der Waals surface area contributed by atoms with Crippen LogP contribution < -0.4 is 5.73 Å². The number of nitrogens with two attached hydrogens (primary N) is 1. The molecule has 0 spiro atoms. The van der Waals surface area contributed by atoms with Crippen LogP contribution in [-0.2, 0) is 13.1 Å². The summed E-state index contributed by atoms with van der Waals surface area (Å²) in [4.78, 5) is 6.42. The standard InChI is InChI=1S/C13H14FN3S2/c1-17(6-10-7-19-8-16-10)5-9-2-3-12(14)11(4-9)13(15)18/h2-4,7-8H,5-6H2,1H3,(H2,15,18). The molecule has 0 bridgehead atoms. The molecular weight excluding hydrogens is 281 g/mol. The van der Waals surface area contributed by atoms with Crippen molar-refractivity contribution in [2.24, 2.45) is 5.73 Å². The van der Waals surface area contributed by atoms with Crippen LogP contribution in [-0.4, -0.2) is 21.9 Å². The van der Waals surface area contributed by atoms with Crippen LogP contribution >= 0.6 is 23.6 Å². The minimum absolute atomic E-state index is 0.0847. The van der Waals surface area contributed by atoms with Gasteiger partial charge in [0.15, 0.2) is 0 Å². The SMILES string of the molecule is CN(Cc1ccc(F)c(C(N)=S)c1)Cc1cscn1. The average Bonchev–Trinajstić information content (AvgIpc) is 2.84. The van der Waals surface area contributed by atoms with Crippen LogP contribution in [0.3, 0.4) is 0 Å². The molecule has 6 heteroatoms. The van der Waals surface area contributed by atoms with Gasteiger partial charge in [0, 0.05) is 24.0 Å². The van der Waals surface area contributed by atoms with Crippen LogP contribution in [0.15, 0.2) is 29.1 Å². The summed E-state index contributed by atoms with van der Waals surface area (Å²) >= 11 is 6.41. The highest BCUT2D eigenvalue weighted by Crippen LogP contribution is 2.13. The third-order valence-corrected chi connectivity index (χ3v) is 3.52. The minimum atomic E-state index is -0.376. The Morgan fingerprint density at radius 3 is 2.89 bits per heavy atom. The Hall–Kier alpha value is -1.37. The highest BCUT2D eigenvalue weighted by molar-refractivity contribution is 7.80. The summed E-state index contributed by atoms with van der Waals surface area (Å²) in [5.74, 6) is -0.376. The normalized spacial score (nSPS) is 10.9. The number of aromatic nitrogens is 1. The van der Waals surface area contributed by atoms with E-state index in [0.29, 0.717) is 12.1 Å². The first-order valence-corrected chi connectivity index (χ1v) is 7.05. The Kier molecular flexibility index (Phi) is 4.57. The van der Waals surface area contributed by atoms with Crippen molar-refractivity contribution in [2.45, 2.75) is 13.1 Å². The van der Waals surface area contributed by atoms with E-state index < -0.39 is 0 Å². The molecule has 1 aromatic carbocycles. The summed E-state index contributed by atoms with van der Waals surface area (Å²) in [6.07, 6.45) is 0. The fraction of sp³-hybridized carbons (Fsp3) is 0.231. The van der Waals surface area contributed by atoms with Gasteiger partial charge in [0.05, 0.1) is 11.2 Å². The quantitative estimate of drug-likeness (QED) is 0.861. The molecule has 0 aliphatic rings. The van der Waals surface area contributed by atoms with Crippen LogP contribution in [0.4, 0.5) is 4.39 Å². The maximum atomic E-state index is 13.5. The van der Waals surface area contributed by atoms with Crippen LogP contribution in [0.1, 0.15) is 16.8 Å². The predicted molar refractivity (Wildman–Crippen MR) is 79.6 cm³/mol. The molecule has 1 aromatic heterocycles. The molecule has 0 unspecified atom stereocenters. The van der Waals surface area contributed by atoms with E-state index in [9.17, 15) is 4.39 Å². The molecule has 19 heavy (non-hydrogen) atoms. The Morgan fingerprint density at radius 1 is 1.47 bits per heavy atom. The number of thiazole rings is 1. The van der Waals surface area contributed by atoms with Gasteiger partial charge < -0.3 is 5.73 Å². The molecule has 2 rings (SSSR count). The number of halogens is 1. The molecule has 0 saturated carbocycles. The van der Waals surface area contributed by atoms with Gasteiger partial charge in [0.1, 0.15) is 10.8 Å². The van der Waals surface area contributed by atoms with Crippen LogP contribution in [0, 0.1) is 5.82 Å². The van der Waals surface area contributed by atoms with Crippen molar-refractivity contribution in [3.8, 4) is 0 Å².